The molecule has 49 heavy (non-hydrogen) atoms. The summed E-state index contributed by atoms with van der Waals surface area (Å²) in [5.74, 6) is 0.961. The van der Waals surface area contributed by atoms with Crippen molar-refractivity contribution < 1.29 is 14.2 Å². The van der Waals surface area contributed by atoms with E-state index in [2.05, 4.69) is 133 Å². The maximum atomic E-state index is 7.63. The van der Waals surface area contributed by atoms with Crippen LogP contribution in [-0.2, 0) is 20.5 Å². The Kier molecular flexibility index (Phi) is 7.53. The van der Waals surface area contributed by atoms with E-state index in [9.17, 15) is 0 Å². The molecule has 0 bridgehead atoms. The normalized spacial score (nSPS) is 18.9. The molecule has 0 unspecified atom stereocenters. The molecule has 4 aliphatic rings. The summed E-state index contributed by atoms with van der Waals surface area (Å²) in [5.41, 5.74) is 10.3. The topological polar surface area (TPSA) is 34.2 Å². The second-order valence-corrected chi connectivity index (χ2v) is 14.9. The summed E-state index contributed by atoms with van der Waals surface area (Å²) >= 11 is 1.78. The van der Waals surface area contributed by atoms with E-state index in [4.69, 9.17) is 14.2 Å². The third-order valence-electron chi connectivity index (χ3n) is 11.1. The Hall–Kier alpha value is -4.23. The number of fused-ring (bicyclic) bond motifs is 8. The van der Waals surface area contributed by atoms with Gasteiger partial charge in [-0.05, 0) is 76.4 Å². The minimum Gasteiger partial charge on any atom is -0.472 e. The molecule has 0 saturated carbocycles. The summed E-state index contributed by atoms with van der Waals surface area (Å²) in [6, 6.07) is 33.9. The zero-order valence-electron chi connectivity index (χ0n) is 28.5. The van der Waals surface area contributed by atoms with Crippen molar-refractivity contribution in [3.8, 4) is 16.9 Å². The minimum absolute atomic E-state index is 0.171. The highest BCUT2D eigenvalue weighted by Crippen LogP contribution is 2.58. The first kappa shape index (κ1) is 30.8. The molecule has 6 heteroatoms. The number of hydrogen-bond donors (Lipinski definition) is 0. The lowest BCUT2D eigenvalue weighted by molar-refractivity contribution is 0.122. The van der Waals surface area contributed by atoms with E-state index >= 15 is 0 Å². The summed E-state index contributed by atoms with van der Waals surface area (Å²) in [6.45, 7) is 11.4. The predicted octanol–water partition coefficient (Wildman–Crippen LogP) is 8.89. The van der Waals surface area contributed by atoms with Crippen LogP contribution >= 0.6 is 11.8 Å². The van der Waals surface area contributed by atoms with Gasteiger partial charge in [-0.25, -0.2) is 0 Å². The van der Waals surface area contributed by atoms with E-state index < -0.39 is 5.60 Å². The molecule has 248 valence electrons. The van der Waals surface area contributed by atoms with Gasteiger partial charge in [-0.15, -0.1) is 11.8 Å². The molecule has 2 fully saturated rings. The second-order valence-electron chi connectivity index (χ2n) is 14.0. The number of morpholine rings is 2. The van der Waals surface area contributed by atoms with Crippen molar-refractivity contribution >= 4 is 40.0 Å². The molecular formula is C43H42N2O3S. The molecule has 0 amide bonds. The molecule has 0 radical (unpaired) electrons. The highest BCUT2D eigenvalue weighted by Gasteiger charge is 2.44. The fraction of sp³-hybridized carbons (Fsp3) is 0.302. The average Bonchev–Trinajstić information content (AvgIpc) is 3.42. The molecular weight excluding hydrogens is 625 g/mol. The van der Waals surface area contributed by atoms with Gasteiger partial charge in [-0.1, -0.05) is 74.5 Å². The number of rotatable bonds is 5. The van der Waals surface area contributed by atoms with Crippen LogP contribution in [0.1, 0.15) is 41.7 Å². The Balaban J connectivity index is 1.24. The summed E-state index contributed by atoms with van der Waals surface area (Å²) < 4.78 is 18.9. The standard InChI is InChI=1S/C43H42N2O3S/c1-42(2)38-7-5-4-6-35(38)39-34-17-16-33(49-3)28-37(34)41-36(40(39)42)18-19-43(48-41,29-8-12-31(13-9-29)44-20-24-46-25-21-44)30-10-14-32(15-11-30)45-22-26-47-27-23-45/h4-19,28H,20-27H2,1-3H3. The second kappa shape index (κ2) is 12.0. The third-order valence-corrected chi connectivity index (χ3v) is 11.8. The average molecular weight is 667 g/mol. The summed E-state index contributed by atoms with van der Waals surface area (Å²) in [5, 5.41) is 2.41. The summed E-state index contributed by atoms with van der Waals surface area (Å²) in [4.78, 5) is 6.04. The van der Waals surface area contributed by atoms with Crippen molar-refractivity contribution in [2.45, 2.75) is 29.8 Å². The van der Waals surface area contributed by atoms with Crippen molar-refractivity contribution in [2.75, 3.05) is 68.7 Å². The quantitative estimate of drug-likeness (QED) is 0.174. The maximum Gasteiger partial charge on any atom is 0.178 e. The molecule has 1 aliphatic carbocycles. The molecule has 0 atom stereocenters. The number of ether oxygens (including phenoxy) is 3. The van der Waals surface area contributed by atoms with Crippen molar-refractivity contribution in [1.29, 1.82) is 0 Å². The molecule has 0 N–H and O–H groups in total. The zero-order chi connectivity index (χ0) is 33.2. The Morgan fingerprint density at radius 1 is 0.673 bits per heavy atom. The smallest absolute Gasteiger partial charge is 0.178 e. The van der Waals surface area contributed by atoms with Crippen LogP contribution in [0.4, 0.5) is 11.4 Å². The largest absolute Gasteiger partial charge is 0.472 e. The first-order valence-electron chi connectivity index (χ1n) is 17.5. The van der Waals surface area contributed by atoms with E-state index in [1.165, 1.54) is 49.5 Å². The van der Waals surface area contributed by atoms with Crippen LogP contribution in [0.3, 0.4) is 0 Å². The lowest BCUT2D eigenvalue weighted by Gasteiger charge is -2.39. The molecule has 5 aromatic carbocycles. The highest BCUT2D eigenvalue weighted by atomic mass is 32.2. The van der Waals surface area contributed by atoms with Crippen LogP contribution in [0.2, 0.25) is 0 Å². The molecule has 5 aromatic rings. The summed E-state index contributed by atoms with van der Waals surface area (Å²) in [6.07, 6.45) is 6.82. The van der Waals surface area contributed by atoms with Crippen molar-refractivity contribution in [3.63, 3.8) is 0 Å². The first-order chi connectivity index (χ1) is 24.0. The van der Waals surface area contributed by atoms with Gasteiger partial charge in [-0.3, -0.25) is 0 Å². The van der Waals surface area contributed by atoms with Gasteiger partial charge in [0.15, 0.2) is 5.60 Å². The van der Waals surface area contributed by atoms with Crippen molar-refractivity contribution in [1.82, 2.24) is 0 Å². The van der Waals surface area contributed by atoms with Crippen LogP contribution in [0, 0.1) is 0 Å². The predicted molar refractivity (Wildman–Crippen MR) is 203 cm³/mol. The molecule has 9 rings (SSSR count). The SMILES string of the molecule is CSc1ccc2c3c(c4c(c2c1)OC(c1ccc(N2CCOCC2)cc1)(c1ccc(N2CCOCC2)cc1)C=C4)C(C)(C)c1ccccc1-3. The van der Waals surface area contributed by atoms with Crippen LogP contribution < -0.4 is 14.5 Å². The Labute approximate surface area is 293 Å². The molecule has 0 spiro atoms. The third kappa shape index (κ3) is 4.91. The van der Waals surface area contributed by atoms with Crippen LogP contribution in [0.15, 0.2) is 102 Å². The Morgan fingerprint density at radius 3 is 1.86 bits per heavy atom. The number of hydrogen-bond acceptors (Lipinski definition) is 6. The molecule has 2 saturated heterocycles. The molecule has 0 aromatic heterocycles. The van der Waals surface area contributed by atoms with Gasteiger partial charge >= 0.3 is 0 Å². The lowest BCUT2D eigenvalue weighted by Crippen LogP contribution is -2.37. The van der Waals surface area contributed by atoms with Crippen molar-refractivity contribution in [2.24, 2.45) is 0 Å². The van der Waals surface area contributed by atoms with Gasteiger partial charge in [0.25, 0.3) is 0 Å². The van der Waals surface area contributed by atoms with Crippen LogP contribution in [0.5, 0.6) is 5.75 Å². The van der Waals surface area contributed by atoms with Gasteiger partial charge in [0.2, 0.25) is 0 Å². The van der Waals surface area contributed by atoms with Crippen LogP contribution in [0.25, 0.3) is 28.0 Å². The van der Waals surface area contributed by atoms with Crippen LogP contribution in [-0.4, -0.2) is 58.9 Å². The highest BCUT2D eigenvalue weighted by molar-refractivity contribution is 7.98. The van der Waals surface area contributed by atoms with E-state index in [0.717, 1.165) is 74.9 Å². The number of thioether (sulfide) groups is 1. The van der Waals surface area contributed by atoms with Gasteiger partial charge in [0.05, 0.1) is 26.4 Å². The number of nitrogens with zero attached hydrogens (tertiary/aromatic N) is 2. The first-order valence-corrected chi connectivity index (χ1v) is 18.7. The van der Waals surface area contributed by atoms with Gasteiger partial charge in [-0.2, -0.15) is 0 Å². The lowest BCUT2D eigenvalue weighted by atomic mass is 9.77. The van der Waals surface area contributed by atoms with Gasteiger partial charge in [0.1, 0.15) is 5.75 Å². The van der Waals surface area contributed by atoms with E-state index in [1.807, 2.05) is 0 Å². The molecule has 3 heterocycles. The Bertz CT molecular complexity index is 2010. The molecule has 5 nitrogen and oxygen atoms in total. The van der Waals surface area contributed by atoms with E-state index in [-0.39, 0.29) is 5.41 Å². The summed E-state index contributed by atoms with van der Waals surface area (Å²) in [7, 11) is 0. The number of anilines is 2. The van der Waals surface area contributed by atoms with E-state index in [1.54, 1.807) is 11.8 Å². The van der Waals surface area contributed by atoms with Gasteiger partial charge in [0, 0.05) is 69.9 Å². The fourth-order valence-electron chi connectivity index (χ4n) is 8.52. The number of benzene rings is 5. The monoisotopic (exact) mass is 666 g/mol. The Morgan fingerprint density at radius 2 is 1.27 bits per heavy atom. The minimum atomic E-state index is -0.813. The van der Waals surface area contributed by atoms with E-state index in [0.29, 0.717) is 0 Å². The van der Waals surface area contributed by atoms with Gasteiger partial charge < -0.3 is 24.0 Å². The molecule has 3 aliphatic heterocycles. The zero-order valence-corrected chi connectivity index (χ0v) is 29.3. The maximum absolute atomic E-state index is 7.63. The fourth-order valence-corrected chi connectivity index (χ4v) is 8.96. The van der Waals surface area contributed by atoms with Crippen molar-refractivity contribution in [3.05, 3.63) is 125 Å².